The number of carbonyl (C=O) groups excluding carboxylic acids is 1. The summed E-state index contributed by atoms with van der Waals surface area (Å²) in [7, 11) is 3.27. The fraction of sp³-hybridized carbons (Fsp3) is 0.263. The van der Waals surface area contributed by atoms with Crippen LogP contribution in [0.1, 0.15) is 5.56 Å². The molecule has 0 atom stereocenters. The van der Waals surface area contributed by atoms with Crippen molar-refractivity contribution in [2.24, 2.45) is 4.99 Å². The van der Waals surface area contributed by atoms with Crippen LogP contribution in [0.5, 0.6) is 5.75 Å². The van der Waals surface area contributed by atoms with Crippen molar-refractivity contribution < 1.29 is 9.53 Å². The lowest BCUT2D eigenvalue weighted by molar-refractivity contribution is -0.115. The zero-order chi connectivity index (χ0) is 18.8. The fourth-order valence-corrected chi connectivity index (χ4v) is 2.55. The number of benzene rings is 2. The van der Waals surface area contributed by atoms with Crippen molar-refractivity contribution in [3.63, 3.8) is 0 Å². The zero-order valence-corrected chi connectivity index (χ0v) is 18.4. The average molecular weight is 503 g/mol. The zero-order valence-electron chi connectivity index (χ0n) is 15.3. The first-order valence-corrected chi connectivity index (χ1v) is 8.62. The normalized spacial score (nSPS) is 10.6. The Morgan fingerprint density at radius 2 is 1.89 bits per heavy atom. The maximum absolute atomic E-state index is 11.9. The summed E-state index contributed by atoms with van der Waals surface area (Å²) in [5.74, 6) is 1.14. The predicted octanol–water partition coefficient (Wildman–Crippen LogP) is 3.31. The molecule has 0 aliphatic carbocycles. The molecule has 2 aromatic rings. The van der Waals surface area contributed by atoms with E-state index in [4.69, 9.17) is 16.3 Å². The summed E-state index contributed by atoms with van der Waals surface area (Å²) in [5, 5.41) is 9.62. The van der Waals surface area contributed by atoms with Crippen LogP contribution in [0.2, 0.25) is 5.02 Å². The van der Waals surface area contributed by atoms with Gasteiger partial charge in [-0.25, -0.2) is 0 Å². The highest BCUT2D eigenvalue weighted by molar-refractivity contribution is 14.0. The van der Waals surface area contributed by atoms with E-state index in [2.05, 4.69) is 20.9 Å². The second-order valence-electron chi connectivity index (χ2n) is 5.47. The number of carbonyl (C=O) groups is 1. The molecule has 0 aliphatic rings. The summed E-state index contributed by atoms with van der Waals surface area (Å²) in [6.45, 7) is 0.754. The number of nitrogens with one attached hydrogen (secondary N) is 3. The molecule has 8 heteroatoms. The van der Waals surface area contributed by atoms with E-state index in [-0.39, 0.29) is 36.4 Å². The van der Waals surface area contributed by atoms with E-state index in [1.165, 1.54) is 0 Å². The van der Waals surface area contributed by atoms with Gasteiger partial charge in [0.15, 0.2) is 5.96 Å². The third kappa shape index (κ3) is 8.04. The van der Waals surface area contributed by atoms with Crippen molar-refractivity contribution in [2.45, 2.75) is 6.42 Å². The molecule has 0 aromatic heterocycles. The highest BCUT2D eigenvalue weighted by Gasteiger charge is 2.06. The van der Waals surface area contributed by atoms with E-state index in [9.17, 15) is 4.79 Å². The summed E-state index contributed by atoms with van der Waals surface area (Å²) < 4.78 is 5.14. The van der Waals surface area contributed by atoms with Crippen LogP contribution in [0.3, 0.4) is 0 Å². The molecule has 0 unspecified atom stereocenters. The Bertz CT molecular complexity index is 757. The first kappa shape index (κ1) is 23.0. The second kappa shape index (κ2) is 12.4. The van der Waals surface area contributed by atoms with Gasteiger partial charge < -0.3 is 20.7 Å². The number of methoxy groups -OCH3 is 1. The Morgan fingerprint density at radius 3 is 2.52 bits per heavy atom. The molecule has 0 aliphatic heterocycles. The van der Waals surface area contributed by atoms with Crippen molar-refractivity contribution in [3.8, 4) is 5.75 Å². The number of guanidine groups is 1. The van der Waals surface area contributed by atoms with E-state index < -0.39 is 0 Å². The molecule has 0 heterocycles. The first-order valence-electron chi connectivity index (χ1n) is 8.24. The number of para-hydroxylation sites is 1. The van der Waals surface area contributed by atoms with E-state index in [0.29, 0.717) is 17.5 Å². The van der Waals surface area contributed by atoms with Crippen LogP contribution in [0.15, 0.2) is 53.5 Å². The maximum atomic E-state index is 11.9. The number of aliphatic imine (C=N–C) groups is 1. The first-order chi connectivity index (χ1) is 12.6. The van der Waals surface area contributed by atoms with Gasteiger partial charge in [-0.3, -0.25) is 9.79 Å². The molecular weight excluding hydrogens is 479 g/mol. The second-order valence-corrected chi connectivity index (χ2v) is 5.88. The molecule has 2 rings (SSSR count). The molecule has 0 saturated heterocycles. The van der Waals surface area contributed by atoms with E-state index in [1.807, 2.05) is 42.5 Å². The molecule has 2 aromatic carbocycles. The highest BCUT2D eigenvalue weighted by atomic mass is 127. The number of hydrogen-bond acceptors (Lipinski definition) is 3. The van der Waals surface area contributed by atoms with Crippen LogP contribution in [-0.4, -0.2) is 39.1 Å². The summed E-state index contributed by atoms with van der Waals surface area (Å²) in [6, 6.07) is 14.9. The Balaban J connectivity index is 0.00000364. The van der Waals surface area contributed by atoms with Gasteiger partial charge in [-0.15, -0.1) is 24.0 Å². The summed E-state index contributed by atoms with van der Waals surface area (Å²) in [4.78, 5) is 16.1. The number of halogens is 2. The van der Waals surface area contributed by atoms with Gasteiger partial charge in [0.1, 0.15) is 5.75 Å². The largest absolute Gasteiger partial charge is 0.497 e. The minimum atomic E-state index is -0.141. The van der Waals surface area contributed by atoms with E-state index in [1.54, 1.807) is 20.2 Å². The Morgan fingerprint density at radius 1 is 1.15 bits per heavy atom. The molecule has 3 N–H and O–H groups in total. The number of anilines is 1. The molecule has 0 bridgehead atoms. The molecule has 27 heavy (non-hydrogen) atoms. The maximum Gasteiger partial charge on any atom is 0.243 e. The lowest BCUT2D eigenvalue weighted by Crippen LogP contribution is -2.42. The van der Waals surface area contributed by atoms with Crippen molar-refractivity contribution in [3.05, 3.63) is 59.1 Å². The molecule has 0 spiro atoms. The van der Waals surface area contributed by atoms with Crippen LogP contribution >= 0.6 is 35.6 Å². The molecular formula is C19H24ClIN4O2. The average Bonchev–Trinajstić information content (AvgIpc) is 2.66. The van der Waals surface area contributed by atoms with E-state index in [0.717, 1.165) is 23.4 Å². The fourth-order valence-electron chi connectivity index (χ4n) is 2.28. The van der Waals surface area contributed by atoms with Gasteiger partial charge >= 0.3 is 0 Å². The number of ether oxygens (including phenoxy) is 1. The molecule has 0 saturated carbocycles. The van der Waals surface area contributed by atoms with Gasteiger partial charge in [0.05, 0.1) is 13.7 Å². The molecule has 1 amide bonds. The van der Waals surface area contributed by atoms with Gasteiger partial charge in [-0.1, -0.05) is 35.9 Å². The van der Waals surface area contributed by atoms with E-state index >= 15 is 0 Å². The van der Waals surface area contributed by atoms with Gasteiger partial charge in [-0.2, -0.15) is 0 Å². The van der Waals surface area contributed by atoms with Crippen molar-refractivity contribution >= 4 is 53.1 Å². The van der Waals surface area contributed by atoms with Crippen molar-refractivity contribution in [2.75, 3.05) is 32.6 Å². The highest BCUT2D eigenvalue weighted by Crippen LogP contribution is 2.22. The lowest BCUT2D eigenvalue weighted by atomic mass is 10.1. The molecule has 146 valence electrons. The van der Waals surface area contributed by atoms with Gasteiger partial charge in [0, 0.05) is 24.3 Å². The summed E-state index contributed by atoms with van der Waals surface area (Å²) in [5.41, 5.74) is 1.77. The predicted molar refractivity (Wildman–Crippen MR) is 122 cm³/mol. The van der Waals surface area contributed by atoms with Crippen LogP contribution < -0.4 is 20.7 Å². The SMILES string of the molecule is CN=C(NCCc1ccc(OC)cc1Cl)NCC(=O)Nc1ccccc1.I. The monoisotopic (exact) mass is 502 g/mol. The Hall–Kier alpha value is -2.00. The lowest BCUT2D eigenvalue weighted by Gasteiger charge is -2.13. The third-order valence-electron chi connectivity index (χ3n) is 3.64. The number of amides is 1. The Kier molecular flexibility index (Phi) is 10.6. The van der Waals surface area contributed by atoms with Crippen LogP contribution in [0.4, 0.5) is 5.69 Å². The smallest absolute Gasteiger partial charge is 0.243 e. The minimum Gasteiger partial charge on any atom is -0.497 e. The van der Waals surface area contributed by atoms with Gasteiger partial charge in [0.25, 0.3) is 0 Å². The number of nitrogens with zero attached hydrogens (tertiary/aromatic N) is 1. The number of rotatable bonds is 7. The topological polar surface area (TPSA) is 74.8 Å². The number of hydrogen-bond donors (Lipinski definition) is 3. The summed E-state index contributed by atoms with van der Waals surface area (Å²) >= 11 is 6.23. The Labute approximate surface area is 181 Å². The summed E-state index contributed by atoms with van der Waals surface area (Å²) in [6.07, 6.45) is 0.722. The molecule has 0 radical (unpaired) electrons. The molecule has 6 nitrogen and oxygen atoms in total. The van der Waals surface area contributed by atoms with Crippen LogP contribution in [0.25, 0.3) is 0 Å². The minimum absolute atomic E-state index is 0. The van der Waals surface area contributed by atoms with Crippen molar-refractivity contribution in [1.29, 1.82) is 0 Å². The van der Waals surface area contributed by atoms with Crippen LogP contribution in [0, 0.1) is 0 Å². The standard InChI is InChI=1S/C19H23ClN4O2.HI/c1-21-19(23-13-18(25)24-15-6-4-3-5-7-15)22-11-10-14-8-9-16(26-2)12-17(14)20;/h3-9,12H,10-11,13H2,1-2H3,(H,24,25)(H2,21,22,23);1H. The quantitative estimate of drug-likeness (QED) is 0.309. The molecule has 0 fully saturated rings. The van der Waals surface area contributed by atoms with Gasteiger partial charge in [0.2, 0.25) is 5.91 Å². The van der Waals surface area contributed by atoms with Crippen molar-refractivity contribution in [1.82, 2.24) is 10.6 Å². The third-order valence-corrected chi connectivity index (χ3v) is 4.00. The van der Waals surface area contributed by atoms with Crippen LogP contribution in [-0.2, 0) is 11.2 Å². The van der Waals surface area contributed by atoms with Gasteiger partial charge in [-0.05, 0) is 36.2 Å².